The van der Waals surface area contributed by atoms with Crippen LogP contribution in [-0.2, 0) is 13.1 Å². The van der Waals surface area contributed by atoms with E-state index in [1.165, 1.54) is 18.9 Å². The molecular weight excluding hydrogens is 287 g/mol. The van der Waals surface area contributed by atoms with Crippen LogP contribution in [0.5, 0.6) is 0 Å². The van der Waals surface area contributed by atoms with E-state index < -0.39 is 0 Å². The highest BCUT2D eigenvalue weighted by atomic mass is 35.5. The van der Waals surface area contributed by atoms with Gasteiger partial charge in [-0.15, -0.1) is 0 Å². The van der Waals surface area contributed by atoms with Crippen LogP contribution >= 0.6 is 11.6 Å². The van der Waals surface area contributed by atoms with Crippen molar-refractivity contribution < 1.29 is 4.39 Å². The van der Waals surface area contributed by atoms with Crippen LogP contribution in [0, 0.1) is 5.82 Å². The SMILES string of the molecule is Nc1ccccc1CN(Cc1ccc(Cl)cc1F)C1CC1. The molecule has 1 aliphatic carbocycles. The molecule has 0 aromatic heterocycles. The lowest BCUT2D eigenvalue weighted by Gasteiger charge is -2.23. The van der Waals surface area contributed by atoms with Crippen molar-refractivity contribution >= 4 is 17.3 Å². The summed E-state index contributed by atoms with van der Waals surface area (Å²) in [4.78, 5) is 2.29. The normalized spacial score (nSPS) is 14.6. The van der Waals surface area contributed by atoms with Crippen LogP contribution in [0.25, 0.3) is 0 Å². The predicted molar refractivity (Wildman–Crippen MR) is 84.5 cm³/mol. The van der Waals surface area contributed by atoms with Crippen LogP contribution in [0.4, 0.5) is 10.1 Å². The molecule has 2 aromatic carbocycles. The van der Waals surface area contributed by atoms with Gasteiger partial charge in [-0.3, -0.25) is 4.90 Å². The third-order valence-corrected chi connectivity index (χ3v) is 4.12. The van der Waals surface area contributed by atoms with Crippen molar-refractivity contribution in [2.24, 2.45) is 0 Å². The maximum Gasteiger partial charge on any atom is 0.129 e. The number of para-hydroxylation sites is 1. The fourth-order valence-electron chi connectivity index (χ4n) is 2.52. The first-order chi connectivity index (χ1) is 10.1. The Morgan fingerprint density at radius 1 is 1.10 bits per heavy atom. The second kappa shape index (κ2) is 6.04. The van der Waals surface area contributed by atoms with Crippen molar-refractivity contribution in [1.29, 1.82) is 0 Å². The summed E-state index contributed by atoms with van der Waals surface area (Å²) in [5, 5.41) is 0.432. The number of anilines is 1. The van der Waals surface area contributed by atoms with Crippen molar-refractivity contribution in [2.75, 3.05) is 5.73 Å². The summed E-state index contributed by atoms with van der Waals surface area (Å²) >= 11 is 5.81. The molecule has 3 rings (SSSR count). The number of halogens is 2. The van der Waals surface area contributed by atoms with Crippen molar-refractivity contribution in [1.82, 2.24) is 4.90 Å². The van der Waals surface area contributed by atoms with Crippen molar-refractivity contribution in [3.8, 4) is 0 Å². The monoisotopic (exact) mass is 304 g/mol. The highest BCUT2D eigenvalue weighted by molar-refractivity contribution is 6.30. The van der Waals surface area contributed by atoms with Gasteiger partial charge in [0.25, 0.3) is 0 Å². The van der Waals surface area contributed by atoms with Gasteiger partial charge in [-0.25, -0.2) is 4.39 Å². The maximum absolute atomic E-state index is 14.0. The zero-order valence-corrected chi connectivity index (χ0v) is 12.5. The van der Waals surface area contributed by atoms with Crippen molar-refractivity contribution in [3.63, 3.8) is 0 Å². The van der Waals surface area contributed by atoms with Crippen LogP contribution in [0.2, 0.25) is 5.02 Å². The molecule has 2 aromatic rings. The lowest BCUT2D eigenvalue weighted by atomic mass is 10.1. The minimum atomic E-state index is -0.241. The van der Waals surface area contributed by atoms with Crippen LogP contribution in [-0.4, -0.2) is 10.9 Å². The lowest BCUT2D eigenvalue weighted by Crippen LogP contribution is -2.26. The topological polar surface area (TPSA) is 29.3 Å². The van der Waals surface area contributed by atoms with E-state index in [0.29, 0.717) is 23.2 Å². The molecule has 0 atom stereocenters. The van der Waals surface area contributed by atoms with Gasteiger partial charge in [0.2, 0.25) is 0 Å². The minimum Gasteiger partial charge on any atom is -0.398 e. The highest BCUT2D eigenvalue weighted by Crippen LogP contribution is 2.31. The number of benzene rings is 2. The number of nitrogens with two attached hydrogens (primary N) is 1. The van der Waals surface area contributed by atoms with E-state index in [0.717, 1.165) is 17.8 Å². The molecule has 4 heteroatoms. The standard InChI is InChI=1S/C17H18ClFN2/c18-14-6-5-12(16(19)9-14)10-21(15-7-8-15)11-13-3-1-2-4-17(13)20/h1-6,9,15H,7-8,10-11,20H2. The molecule has 0 amide bonds. The molecular formula is C17H18ClFN2. The summed E-state index contributed by atoms with van der Waals surface area (Å²) in [6.07, 6.45) is 2.34. The fraction of sp³-hybridized carbons (Fsp3) is 0.294. The number of hydrogen-bond donors (Lipinski definition) is 1. The lowest BCUT2D eigenvalue weighted by molar-refractivity contribution is 0.243. The Bertz CT molecular complexity index is 640. The predicted octanol–water partition coefficient (Wildman–Crippen LogP) is 4.23. The molecule has 1 fully saturated rings. The number of hydrogen-bond acceptors (Lipinski definition) is 2. The molecule has 1 saturated carbocycles. The minimum absolute atomic E-state index is 0.241. The van der Waals surface area contributed by atoms with Crippen LogP contribution < -0.4 is 5.73 Å². The van der Waals surface area contributed by atoms with Gasteiger partial charge in [-0.1, -0.05) is 35.9 Å². The highest BCUT2D eigenvalue weighted by Gasteiger charge is 2.29. The van der Waals surface area contributed by atoms with Gasteiger partial charge in [0, 0.05) is 35.4 Å². The van der Waals surface area contributed by atoms with E-state index in [1.54, 1.807) is 12.1 Å². The Balaban J connectivity index is 1.78. The van der Waals surface area contributed by atoms with Crippen molar-refractivity contribution in [2.45, 2.75) is 32.0 Å². The van der Waals surface area contributed by atoms with Gasteiger partial charge in [0.15, 0.2) is 0 Å². The molecule has 21 heavy (non-hydrogen) atoms. The van der Waals surface area contributed by atoms with Crippen LogP contribution in [0.15, 0.2) is 42.5 Å². The Morgan fingerprint density at radius 2 is 1.81 bits per heavy atom. The zero-order valence-electron chi connectivity index (χ0n) is 11.7. The van der Waals surface area contributed by atoms with Gasteiger partial charge in [-0.05, 0) is 36.6 Å². The first kappa shape index (κ1) is 14.4. The van der Waals surface area contributed by atoms with E-state index in [2.05, 4.69) is 4.90 Å². The van der Waals surface area contributed by atoms with Crippen LogP contribution in [0.1, 0.15) is 24.0 Å². The van der Waals surface area contributed by atoms with Crippen molar-refractivity contribution in [3.05, 3.63) is 64.4 Å². The summed E-state index contributed by atoms with van der Waals surface area (Å²) < 4.78 is 14.0. The second-order valence-corrected chi connectivity index (χ2v) is 6.01. The average Bonchev–Trinajstić information content (AvgIpc) is 3.27. The second-order valence-electron chi connectivity index (χ2n) is 5.57. The Morgan fingerprint density at radius 3 is 2.48 bits per heavy atom. The van der Waals surface area contributed by atoms with Gasteiger partial charge < -0.3 is 5.73 Å². The van der Waals surface area contributed by atoms with Gasteiger partial charge >= 0.3 is 0 Å². The first-order valence-electron chi connectivity index (χ1n) is 7.15. The van der Waals surface area contributed by atoms with Gasteiger partial charge in [-0.2, -0.15) is 0 Å². The molecule has 0 unspecified atom stereocenters. The molecule has 0 radical (unpaired) electrons. The van der Waals surface area contributed by atoms with E-state index >= 15 is 0 Å². The maximum atomic E-state index is 14.0. The molecule has 0 spiro atoms. The van der Waals surface area contributed by atoms with E-state index in [1.807, 2.05) is 24.3 Å². The Hall–Kier alpha value is -1.58. The first-order valence-corrected chi connectivity index (χ1v) is 7.52. The molecule has 0 bridgehead atoms. The van der Waals surface area contributed by atoms with Gasteiger partial charge in [0.1, 0.15) is 5.82 Å². The molecule has 0 saturated heterocycles. The summed E-state index contributed by atoms with van der Waals surface area (Å²) in [6, 6.07) is 13.3. The number of rotatable bonds is 5. The number of nitrogen functional groups attached to an aromatic ring is 1. The van der Waals surface area contributed by atoms with E-state index in [9.17, 15) is 4.39 Å². The molecule has 1 aliphatic rings. The third-order valence-electron chi connectivity index (χ3n) is 3.88. The quantitative estimate of drug-likeness (QED) is 0.838. The largest absolute Gasteiger partial charge is 0.398 e. The molecule has 0 heterocycles. The third kappa shape index (κ3) is 3.55. The van der Waals surface area contributed by atoms with E-state index in [4.69, 9.17) is 17.3 Å². The Kier molecular flexibility index (Phi) is 4.13. The van der Waals surface area contributed by atoms with E-state index in [-0.39, 0.29) is 5.82 Å². The van der Waals surface area contributed by atoms with Crippen LogP contribution in [0.3, 0.4) is 0 Å². The Labute approximate surface area is 129 Å². The molecule has 110 valence electrons. The fourth-order valence-corrected chi connectivity index (χ4v) is 2.68. The summed E-state index contributed by atoms with van der Waals surface area (Å²) in [7, 11) is 0. The smallest absolute Gasteiger partial charge is 0.129 e. The summed E-state index contributed by atoms with van der Waals surface area (Å²) in [5.74, 6) is -0.241. The molecule has 2 N–H and O–H groups in total. The summed E-state index contributed by atoms with van der Waals surface area (Å²) in [5.41, 5.74) is 8.58. The average molecular weight is 305 g/mol. The molecule has 0 aliphatic heterocycles. The number of nitrogens with zero attached hydrogens (tertiary/aromatic N) is 1. The van der Waals surface area contributed by atoms with Gasteiger partial charge in [0.05, 0.1) is 0 Å². The zero-order chi connectivity index (χ0) is 14.8. The molecule has 2 nitrogen and oxygen atoms in total. The summed E-state index contributed by atoms with van der Waals surface area (Å²) in [6.45, 7) is 1.33.